The number of cyclic esters (lactones) is 1. The molecule has 1 fully saturated rings. The summed E-state index contributed by atoms with van der Waals surface area (Å²) < 4.78 is 5.11. The fourth-order valence-electron chi connectivity index (χ4n) is 1.43. The van der Waals surface area contributed by atoms with Crippen molar-refractivity contribution in [2.24, 2.45) is 0 Å². The van der Waals surface area contributed by atoms with Crippen molar-refractivity contribution in [2.75, 3.05) is 0 Å². The molecule has 0 spiro atoms. The van der Waals surface area contributed by atoms with Gasteiger partial charge in [-0.25, -0.2) is 0 Å². The normalized spacial score (nSPS) is 22.3. The third-order valence-corrected chi connectivity index (χ3v) is 2.06. The van der Waals surface area contributed by atoms with Gasteiger partial charge in [-0.05, 0) is 12.0 Å². The van der Waals surface area contributed by atoms with Crippen LogP contribution in [0.4, 0.5) is 0 Å². The van der Waals surface area contributed by atoms with E-state index in [4.69, 9.17) is 4.74 Å². The van der Waals surface area contributed by atoms with E-state index >= 15 is 0 Å². The van der Waals surface area contributed by atoms with E-state index in [9.17, 15) is 4.79 Å². The third kappa shape index (κ3) is 1.33. The van der Waals surface area contributed by atoms with E-state index in [0.717, 1.165) is 12.0 Å². The molecule has 0 N–H and O–H groups in total. The summed E-state index contributed by atoms with van der Waals surface area (Å²) in [6, 6.07) is 9.86. The van der Waals surface area contributed by atoms with Crippen molar-refractivity contribution in [1.29, 1.82) is 0 Å². The van der Waals surface area contributed by atoms with Crippen LogP contribution in [0.15, 0.2) is 30.3 Å². The monoisotopic (exact) mass is 162 g/mol. The molecular formula is C10H10O2. The van der Waals surface area contributed by atoms with Gasteiger partial charge in [-0.3, -0.25) is 4.79 Å². The predicted octanol–water partition coefficient (Wildman–Crippen LogP) is 2.06. The van der Waals surface area contributed by atoms with Crippen LogP contribution < -0.4 is 0 Å². The summed E-state index contributed by atoms with van der Waals surface area (Å²) >= 11 is 0. The average Bonchev–Trinajstić information content (AvgIpc) is 2.54. The lowest BCUT2D eigenvalue weighted by Crippen LogP contribution is -1.97. The van der Waals surface area contributed by atoms with Gasteiger partial charge in [0.25, 0.3) is 0 Å². The Morgan fingerprint density at radius 3 is 2.58 bits per heavy atom. The molecular weight excluding hydrogens is 152 g/mol. The summed E-state index contributed by atoms with van der Waals surface area (Å²) in [5.74, 6) is -0.0798. The molecule has 12 heavy (non-hydrogen) atoms. The van der Waals surface area contributed by atoms with Crippen LogP contribution in [-0.4, -0.2) is 5.97 Å². The quantitative estimate of drug-likeness (QED) is 0.591. The first-order valence-electron chi connectivity index (χ1n) is 4.11. The molecule has 2 rings (SSSR count). The first kappa shape index (κ1) is 7.35. The Labute approximate surface area is 71.2 Å². The van der Waals surface area contributed by atoms with E-state index < -0.39 is 0 Å². The van der Waals surface area contributed by atoms with Gasteiger partial charge in [0.2, 0.25) is 0 Å². The molecule has 1 saturated heterocycles. The largest absolute Gasteiger partial charge is 0.457 e. The maximum absolute atomic E-state index is 10.8. The van der Waals surface area contributed by atoms with Crippen molar-refractivity contribution in [3.05, 3.63) is 35.9 Å². The lowest BCUT2D eigenvalue weighted by atomic mass is 10.1. The van der Waals surface area contributed by atoms with Crippen LogP contribution >= 0.6 is 0 Å². The summed E-state index contributed by atoms with van der Waals surface area (Å²) in [4.78, 5) is 10.8. The molecule has 0 unspecified atom stereocenters. The number of esters is 1. The first-order chi connectivity index (χ1) is 5.86. The second-order valence-corrected chi connectivity index (χ2v) is 2.93. The number of carbonyl (C=O) groups excluding carboxylic acids is 1. The lowest BCUT2D eigenvalue weighted by Gasteiger charge is -2.07. The van der Waals surface area contributed by atoms with E-state index in [1.165, 1.54) is 0 Å². The maximum Gasteiger partial charge on any atom is 0.306 e. The minimum absolute atomic E-state index is 0.00120. The smallest absolute Gasteiger partial charge is 0.306 e. The van der Waals surface area contributed by atoms with Gasteiger partial charge >= 0.3 is 5.97 Å². The van der Waals surface area contributed by atoms with Gasteiger partial charge < -0.3 is 4.74 Å². The zero-order valence-electron chi connectivity index (χ0n) is 6.69. The number of hydrogen-bond acceptors (Lipinski definition) is 2. The number of ether oxygens (including phenoxy) is 1. The van der Waals surface area contributed by atoms with Crippen molar-refractivity contribution in [3.63, 3.8) is 0 Å². The minimum Gasteiger partial charge on any atom is -0.457 e. The van der Waals surface area contributed by atoms with Crippen molar-refractivity contribution in [2.45, 2.75) is 18.9 Å². The van der Waals surface area contributed by atoms with E-state index in [1.807, 2.05) is 30.3 Å². The maximum atomic E-state index is 10.8. The summed E-state index contributed by atoms with van der Waals surface area (Å²) in [7, 11) is 0. The molecule has 0 saturated carbocycles. The van der Waals surface area contributed by atoms with Crippen LogP contribution in [-0.2, 0) is 9.53 Å². The fraction of sp³-hybridized carbons (Fsp3) is 0.300. The third-order valence-electron chi connectivity index (χ3n) is 2.06. The van der Waals surface area contributed by atoms with Crippen LogP contribution in [0, 0.1) is 0 Å². The summed E-state index contributed by atoms with van der Waals surface area (Å²) in [5, 5.41) is 0. The Balaban J connectivity index is 2.16. The Kier molecular flexibility index (Phi) is 1.82. The fourth-order valence-corrected chi connectivity index (χ4v) is 1.43. The number of carbonyl (C=O) groups is 1. The zero-order chi connectivity index (χ0) is 8.39. The van der Waals surface area contributed by atoms with Crippen molar-refractivity contribution in [1.82, 2.24) is 0 Å². The van der Waals surface area contributed by atoms with Crippen LogP contribution in [0.5, 0.6) is 0 Å². The van der Waals surface area contributed by atoms with Gasteiger partial charge in [-0.1, -0.05) is 30.3 Å². The number of benzene rings is 1. The molecule has 1 aromatic rings. The molecule has 2 heteroatoms. The number of hydrogen-bond donors (Lipinski definition) is 0. The van der Waals surface area contributed by atoms with Gasteiger partial charge in [0, 0.05) is 6.42 Å². The Hall–Kier alpha value is -1.31. The van der Waals surface area contributed by atoms with Crippen LogP contribution in [0.3, 0.4) is 0 Å². The molecule has 2 nitrogen and oxygen atoms in total. The average molecular weight is 162 g/mol. The topological polar surface area (TPSA) is 26.3 Å². The molecule has 1 atom stereocenters. The van der Waals surface area contributed by atoms with Crippen LogP contribution in [0.25, 0.3) is 0 Å². The van der Waals surface area contributed by atoms with Gasteiger partial charge in [-0.2, -0.15) is 0 Å². The highest BCUT2D eigenvalue weighted by Crippen LogP contribution is 2.28. The molecule has 0 aliphatic carbocycles. The molecule has 0 amide bonds. The Bertz CT molecular complexity index is 279. The standard InChI is InChI=1S/C10H10O2/c11-10-7-6-9(12-10)8-4-2-1-3-5-8/h1-5,9H,6-7H2/t9-/m1/s1. The number of rotatable bonds is 1. The van der Waals surface area contributed by atoms with Crippen molar-refractivity contribution < 1.29 is 9.53 Å². The first-order valence-corrected chi connectivity index (χ1v) is 4.11. The van der Waals surface area contributed by atoms with E-state index in [2.05, 4.69) is 0 Å². The minimum atomic E-state index is -0.0798. The van der Waals surface area contributed by atoms with Crippen molar-refractivity contribution >= 4 is 5.97 Å². The molecule has 0 aromatic heterocycles. The highest BCUT2D eigenvalue weighted by Gasteiger charge is 2.24. The molecule has 0 bridgehead atoms. The van der Waals surface area contributed by atoms with E-state index in [-0.39, 0.29) is 12.1 Å². The van der Waals surface area contributed by atoms with E-state index in [0.29, 0.717) is 6.42 Å². The van der Waals surface area contributed by atoms with Gasteiger partial charge in [0.15, 0.2) is 0 Å². The van der Waals surface area contributed by atoms with E-state index in [1.54, 1.807) is 0 Å². The lowest BCUT2D eigenvalue weighted by molar-refractivity contribution is -0.141. The Morgan fingerprint density at radius 1 is 1.25 bits per heavy atom. The van der Waals surface area contributed by atoms with Crippen LogP contribution in [0.2, 0.25) is 0 Å². The van der Waals surface area contributed by atoms with Crippen molar-refractivity contribution in [3.8, 4) is 0 Å². The molecule has 62 valence electrons. The second-order valence-electron chi connectivity index (χ2n) is 2.93. The highest BCUT2D eigenvalue weighted by atomic mass is 16.5. The predicted molar refractivity (Wildman–Crippen MR) is 44.5 cm³/mol. The second kappa shape index (κ2) is 2.97. The van der Waals surface area contributed by atoms with Gasteiger partial charge in [0.1, 0.15) is 6.10 Å². The van der Waals surface area contributed by atoms with Crippen LogP contribution in [0.1, 0.15) is 24.5 Å². The summed E-state index contributed by atoms with van der Waals surface area (Å²) in [6.07, 6.45) is 1.38. The molecule has 1 aliphatic rings. The van der Waals surface area contributed by atoms with Gasteiger partial charge in [0.05, 0.1) is 0 Å². The van der Waals surface area contributed by atoms with Gasteiger partial charge in [-0.15, -0.1) is 0 Å². The SMILES string of the molecule is O=C1CC[C@H](c2ccccc2)O1. The molecule has 1 aliphatic heterocycles. The molecule has 0 radical (unpaired) electrons. The summed E-state index contributed by atoms with van der Waals surface area (Å²) in [6.45, 7) is 0. The highest BCUT2D eigenvalue weighted by molar-refractivity contribution is 5.71. The zero-order valence-corrected chi connectivity index (χ0v) is 6.69. The summed E-state index contributed by atoms with van der Waals surface area (Å²) in [5.41, 5.74) is 1.10. The Morgan fingerprint density at radius 2 is 2.00 bits per heavy atom. The molecule has 1 aromatic carbocycles. The molecule has 1 heterocycles.